The van der Waals surface area contributed by atoms with Crippen molar-refractivity contribution in [2.75, 3.05) is 11.9 Å². The van der Waals surface area contributed by atoms with Crippen LogP contribution in [0.4, 0.5) is 10.1 Å². The number of anilines is 1. The Balaban J connectivity index is 1.58. The Morgan fingerprint density at radius 2 is 1.91 bits per heavy atom. The fraction of sp³-hybridized carbons (Fsp3) is 0.231. The third-order valence-corrected chi connectivity index (χ3v) is 6.36. The smallest absolute Gasteiger partial charge is 0.338 e. The van der Waals surface area contributed by atoms with Crippen LogP contribution >= 0.6 is 11.8 Å². The van der Waals surface area contributed by atoms with Crippen molar-refractivity contribution in [1.82, 2.24) is 14.5 Å². The van der Waals surface area contributed by atoms with Gasteiger partial charge in [-0.15, -0.1) is 0 Å². The summed E-state index contributed by atoms with van der Waals surface area (Å²) in [6, 6.07) is 16.1. The van der Waals surface area contributed by atoms with Gasteiger partial charge in [0.15, 0.2) is 10.8 Å². The molecule has 0 fully saturated rings. The van der Waals surface area contributed by atoms with Crippen LogP contribution in [0.1, 0.15) is 42.2 Å². The number of imidazole rings is 1. The van der Waals surface area contributed by atoms with E-state index < -0.39 is 12.0 Å². The van der Waals surface area contributed by atoms with Gasteiger partial charge < -0.3 is 10.1 Å². The maximum absolute atomic E-state index is 13.6. The minimum Gasteiger partial charge on any atom is -0.462 e. The summed E-state index contributed by atoms with van der Waals surface area (Å²) in [5.41, 5.74) is 3.08. The number of esters is 1. The van der Waals surface area contributed by atoms with E-state index in [0.29, 0.717) is 46.4 Å². The minimum atomic E-state index is -0.574. The molecule has 2 aromatic carbocycles. The number of nitrogens with zero attached hydrogens (tertiary/aromatic N) is 3. The monoisotopic (exact) mass is 492 g/mol. The molecule has 1 unspecified atom stereocenters. The molecule has 1 atom stereocenters. The molecule has 0 spiro atoms. The molecular formula is C26H25FN4O3S. The average Bonchev–Trinajstić information content (AvgIpc) is 3.22. The highest BCUT2D eigenvalue weighted by Crippen LogP contribution is 2.31. The summed E-state index contributed by atoms with van der Waals surface area (Å²) in [5, 5.41) is 3.55. The van der Waals surface area contributed by atoms with Gasteiger partial charge in [-0.05, 0) is 67.4 Å². The predicted molar refractivity (Wildman–Crippen MR) is 134 cm³/mol. The number of fused-ring (bicyclic) bond motifs is 1. The molecule has 1 N–H and O–H groups in total. The van der Waals surface area contributed by atoms with Gasteiger partial charge in [0.2, 0.25) is 5.91 Å². The predicted octanol–water partition coefficient (Wildman–Crippen LogP) is 5.63. The second-order valence-electron chi connectivity index (χ2n) is 7.74. The number of aromatic nitrogens is 3. The van der Waals surface area contributed by atoms with Crippen molar-refractivity contribution >= 4 is 40.5 Å². The number of nitrogens with one attached hydrogen (secondary N) is 1. The molecule has 0 aliphatic heterocycles. The van der Waals surface area contributed by atoms with Crippen molar-refractivity contribution in [2.24, 2.45) is 0 Å². The molecule has 1 amide bonds. The maximum Gasteiger partial charge on any atom is 0.338 e. The van der Waals surface area contributed by atoms with Crippen LogP contribution in [0.2, 0.25) is 0 Å². The lowest BCUT2D eigenvalue weighted by atomic mass is 10.1. The van der Waals surface area contributed by atoms with E-state index in [1.165, 1.54) is 23.9 Å². The zero-order valence-corrected chi connectivity index (χ0v) is 20.2. The summed E-state index contributed by atoms with van der Waals surface area (Å²) >= 11 is 1.43. The summed E-state index contributed by atoms with van der Waals surface area (Å²) in [6.45, 7) is 3.96. The highest BCUT2D eigenvalue weighted by molar-refractivity contribution is 7.98. The van der Waals surface area contributed by atoms with E-state index in [1.807, 2.05) is 23.6 Å². The maximum atomic E-state index is 13.6. The van der Waals surface area contributed by atoms with Crippen LogP contribution in [0.5, 0.6) is 0 Å². The number of amides is 1. The standard InChI is InChI=1S/C26H25FN4O3S/c1-3-22(24(32)29-20-12-10-18(11-13-20)25(33)34-4-2)31-23-21(9-6-14-28-23)30-26(31)35-16-17-7-5-8-19(27)15-17/h5-15,22H,3-4,16H2,1-2H3,(H,29,32). The minimum absolute atomic E-state index is 0.228. The number of carbonyl (C=O) groups excluding carboxylic acids is 2. The lowest BCUT2D eigenvalue weighted by molar-refractivity contribution is -0.119. The molecule has 7 nitrogen and oxygen atoms in total. The first-order valence-corrected chi connectivity index (χ1v) is 12.3. The number of benzene rings is 2. The highest BCUT2D eigenvalue weighted by Gasteiger charge is 2.25. The van der Waals surface area contributed by atoms with E-state index in [2.05, 4.69) is 10.3 Å². The molecule has 0 saturated heterocycles. The van der Waals surface area contributed by atoms with Gasteiger partial charge in [-0.25, -0.2) is 19.2 Å². The summed E-state index contributed by atoms with van der Waals surface area (Å²) < 4.78 is 20.5. The van der Waals surface area contributed by atoms with Crippen molar-refractivity contribution in [3.8, 4) is 0 Å². The number of ether oxygens (including phenoxy) is 1. The van der Waals surface area contributed by atoms with E-state index in [4.69, 9.17) is 9.72 Å². The number of rotatable bonds is 9. The van der Waals surface area contributed by atoms with Gasteiger partial charge in [0.1, 0.15) is 17.4 Å². The van der Waals surface area contributed by atoms with E-state index in [0.717, 1.165) is 5.56 Å². The van der Waals surface area contributed by atoms with Crippen molar-refractivity contribution in [1.29, 1.82) is 0 Å². The quantitative estimate of drug-likeness (QED) is 0.241. The first-order chi connectivity index (χ1) is 17.0. The molecule has 9 heteroatoms. The van der Waals surface area contributed by atoms with E-state index in [-0.39, 0.29) is 11.7 Å². The fourth-order valence-electron chi connectivity index (χ4n) is 3.68. The number of carbonyl (C=O) groups is 2. The molecule has 0 radical (unpaired) electrons. The lowest BCUT2D eigenvalue weighted by Crippen LogP contribution is -2.26. The topological polar surface area (TPSA) is 86.1 Å². The summed E-state index contributed by atoms with van der Waals surface area (Å²) in [4.78, 5) is 34.4. The van der Waals surface area contributed by atoms with Crippen LogP contribution in [0.3, 0.4) is 0 Å². The van der Waals surface area contributed by atoms with Crippen molar-refractivity contribution < 1.29 is 18.7 Å². The van der Waals surface area contributed by atoms with Crippen LogP contribution in [-0.4, -0.2) is 33.0 Å². The summed E-state index contributed by atoms with van der Waals surface area (Å²) in [5.74, 6) is -0.436. The van der Waals surface area contributed by atoms with Gasteiger partial charge in [-0.3, -0.25) is 9.36 Å². The molecule has 0 aliphatic rings. The number of pyridine rings is 1. The Morgan fingerprint density at radius 1 is 1.11 bits per heavy atom. The van der Waals surface area contributed by atoms with E-state index in [1.54, 1.807) is 49.5 Å². The molecule has 4 aromatic rings. The van der Waals surface area contributed by atoms with E-state index >= 15 is 0 Å². The van der Waals surface area contributed by atoms with Gasteiger partial charge >= 0.3 is 5.97 Å². The van der Waals surface area contributed by atoms with Gasteiger partial charge in [-0.2, -0.15) is 0 Å². The molecule has 0 aliphatic carbocycles. The number of thioether (sulfide) groups is 1. The Bertz CT molecular complexity index is 1340. The first-order valence-electron chi connectivity index (χ1n) is 11.3. The number of hydrogen-bond acceptors (Lipinski definition) is 6. The van der Waals surface area contributed by atoms with Crippen LogP contribution < -0.4 is 5.32 Å². The van der Waals surface area contributed by atoms with Gasteiger partial charge in [0.05, 0.1) is 12.2 Å². The molecule has 2 aromatic heterocycles. The Hall–Kier alpha value is -3.72. The molecule has 180 valence electrons. The second kappa shape index (κ2) is 11.1. The Kier molecular flexibility index (Phi) is 7.77. The van der Waals surface area contributed by atoms with Crippen molar-refractivity contribution in [3.63, 3.8) is 0 Å². The molecule has 35 heavy (non-hydrogen) atoms. The summed E-state index contributed by atoms with van der Waals surface area (Å²) in [7, 11) is 0. The molecule has 4 rings (SSSR count). The van der Waals surface area contributed by atoms with Gasteiger partial charge in [-0.1, -0.05) is 30.8 Å². The van der Waals surface area contributed by atoms with Crippen molar-refractivity contribution in [3.05, 3.63) is 83.8 Å². The molecule has 2 heterocycles. The fourth-order valence-corrected chi connectivity index (χ4v) is 4.67. The highest BCUT2D eigenvalue weighted by atomic mass is 32.2. The Morgan fingerprint density at radius 3 is 2.63 bits per heavy atom. The third kappa shape index (κ3) is 5.68. The second-order valence-corrected chi connectivity index (χ2v) is 8.68. The normalized spacial score (nSPS) is 11.9. The van der Waals surface area contributed by atoms with Crippen LogP contribution in [-0.2, 0) is 15.3 Å². The molecule has 0 bridgehead atoms. The van der Waals surface area contributed by atoms with E-state index in [9.17, 15) is 14.0 Å². The first kappa shape index (κ1) is 24.4. The van der Waals surface area contributed by atoms with Crippen LogP contribution in [0, 0.1) is 5.82 Å². The number of hydrogen-bond donors (Lipinski definition) is 1. The third-order valence-electron chi connectivity index (χ3n) is 5.34. The Labute approximate surface area is 206 Å². The van der Waals surface area contributed by atoms with Gasteiger partial charge in [0, 0.05) is 17.6 Å². The van der Waals surface area contributed by atoms with Crippen LogP contribution in [0.15, 0.2) is 72.0 Å². The number of halogens is 1. The molecule has 0 saturated carbocycles. The average molecular weight is 493 g/mol. The zero-order valence-electron chi connectivity index (χ0n) is 19.4. The summed E-state index contributed by atoms with van der Waals surface area (Å²) in [6.07, 6.45) is 2.17. The van der Waals surface area contributed by atoms with Crippen LogP contribution in [0.25, 0.3) is 11.2 Å². The largest absolute Gasteiger partial charge is 0.462 e. The SMILES string of the molecule is CCOC(=O)c1ccc(NC(=O)C(CC)n2c(SCc3cccc(F)c3)nc3cccnc32)cc1. The zero-order chi connectivity index (χ0) is 24.8. The van der Waals surface area contributed by atoms with Gasteiger partial charge in [0.25, 0.3) is 0 Å². The lowest BCUT2D eigenvalue weighted by Gasteiger charge is -2.19. The van der Waals surface area contributed by atoms with Crippen molar-refractivity contribution in [2.45, 2.75) is 37.2 Å². The molecular weight excluding hydrogens is 467 g/mol.